The molecule has 17 nitrogen and oxygen atoms in total. The minimum absolute atomic E-state index is 0.107. The van der Waals surface area contributed by atoms with E-state index in [9.17, 15) is 43.2 Å². The van der Waals surface area contributed by atoms with Crippen LogP contribution in [0.25, 0.3) is 0 Å². The van der Waals surface area contributed by atoms with Gasteiger partial charge in [-0.2, -0.15) is 0 Å². The third-order valence-corrected chi connectivity index (χ3v) is 18.9. The molecule has 3 N–H and O–H groups in total. The maximum Gasteiger partial charge on any atom is 0.472 e. The van der Waals surface area contributed by atoms with E-state index < -0.39 is 97.5 Å². The molecular weight excluding hydrogens is 1210 g/mol. The lowest BCUT2D eigenvalue weighted by molar-refractivity contribution is -0.161. The smallest absolute Gasteiger partial charge is 0.462 e. The largest absolute Gasteiger partial charge is 0.472 e. The van der Waals surface area contributed by atoms with Crippen LogP contribution >= 0.6 is 15.6 Å². The monoisotopic (exact) mass is 1350 g/mol. The topological polar surface area (TPSA) is 237 Å². The predicted molar refractivity (Wildman–Crippen MR) is 372 cm³/mol. The van der Waals surface area contributed by atoms with Gasteiger partial charge in [0.15, 0.2) is 12.2 Å². The van der Waals surface area contributed by atoms with Gasteiger partial charge in [-0.1, -0.05) is 330 Å². The summed E-state index contributed by atoms with van der Waals surface area (Å²) >= 11 is 0. The number of unbranched alkanes of at least 4 members (excludes halogenated alkanes) is 45. The average molecular weight is 1350 g/mol. The number of ether oxygens (including phenoxy) is 4. The Morgan fingerprint density at radius 1 is 0.293 bits per heavy atom. The van der Waals surface area contributed by atoms with Gasteiger partial charge in [-0.3, -0.25) is 37.3 Å². The Morgan fingerprint density at radius 2 is 0.500 bits per heavy atom. The van der Waals surface area contributed by atoms with Gasteiger partial charge in [0.25, 0.3) is 0 Å². The maximum atomic E-state index is 13.1. The minimum atomic E-state index is -4.95. The van der Waals surface area contributed by atoms with E-state index in [1.165, 1.54) is 199 Å². The first-order chi connectivity index (χ1) is 44.5. The molecule has 0 heterocycles. The van der Waals surface area contributed by atoms with Crippen LogP contribution in [0.3, 0.4) is 0 Å². The summed E-state index contributed by atoms with van der Waals surface area (Å²) in [5.74, 6) is -1.31. The molecule has 0 saturated carbocycles. The van der Waals surface area contributed by atoms with Gasteiger partial charge >= 0.3 is 39.5 Å². The highest BCUT2D eigenvalue weighted by Gasteiger charge is 2.30. The van der Waals surface area contributed by atoms with E-state index >= 15 is 0 Å². The van der Waals surface area contributed by atoms with Gasteiger partial charge < -0.3 is 33.8 Å². The number of esters is 4. The van der Waals surface area contributed by atoms with Gasteiger partial charge in [0.05, 0.1) is 26.4 Å². The third kappa shape index (κ3) is 66.7. The van der Waals surface area contributed by atoms with Crippen molar-refractivity contribution in [2.75, 3.05) is 39.6 Å². The fourth-order valence-corrected chi connectivity index (χ4v) is 12.8. The second kappa shape index (κ2) is 66.3. The zero-order valence-corrected chi connectivity index (χ0v) is 61.5. The number of phosphoric ester groups is 2. The zero-order chi connectivity index (χ0) is 67.7. The minimum Gasteiger partial charge on any atom is -0.462 e. The molecule has 0 amide bonds. The molecule has 2 unspecified atom stereocenters. The molecule has 0 saturated heterocycles. The van der Waals surface area contributed by atoms with Crippen molar-refractivity contribution in [2.24, 2.45) is 5.92 Å². The van der Waals surface area contributed by atoms with Crippen molar-refractivity contribution in [2.45, 2.75) is 400 Å². The average Bonchev–Trinajstić information content (AvgIpc) is 3.42. The normalized spacial score (nSPS) is 14.0. The SMILES string of the molecule is CCCCCCCCCCCCCCCC(=O)OC[C@H](COP(=O)(O)OC[C@@H](O)COP(=O)(O)OC[C@@H](COC(=O)CCCCCCCCCC)OC(=O)CCCCCCCCCCCCCC)OC(=O)CCCCCCCCCCCCCCCCCCC(C)C. The van der Waals surface area contributed by atoms with Crippen LogP contribution in [0, 0.1) is 5.92 Å². The molecule has 0 aromatic rings. The van der Waals surface area contributed by atoms with Crippen LogP contribution in [-0.4, -0.2) is 96.7 Å². The van der Waals surface area contributed by atoms with E-state index in [4.69, 9.17) is 37.0 Å². The second-order valence-corrected chi connectivity index (χ2v) is 29.7. The van der Waals surface area contributed by atoms with Crippen molar-refractivity contribution in [3.05, 3.63) is 0 Å². The summed E-state index contributed by atoms with van der Waals surface area (Å²) in [6.07, 6.45) is 54.0. The van der Waals surface area contributed by atoms with E-state index in [0.717, 1.165) is 102 Å². The van der Waals surface area contributed by atoms with Crippen LogP contribution in [-0.2, 0) is 65.4 Å². The van der Waals surface area contributed by atoms with Crippen molar-refractivity contribution in [1.29, 1.82) is 0 Å². The number of carbonyl (C=O) groups excluding carboxylic acids is 4. The van der Waals surface area contributed by atoms with Crippen molar-refractivity contribution in [3.63, 3.8) is 0 Å². The van der Waals surface area contributed by atoms with Gasteiger partial charge in [0.2, 0.25) is 0 Å². The van der Waals surface area contributed by atoms with Crippen LogP contribution in [0.1, 0.15) is 381 Å². The number of carbonyl (C=O) groups is 4. The summed E-state index contributed by atoms with van der Waals surface area (Å²) in [5, 5.41) is 10.6. The van der Waals surface area contributed by atoms with Crippen LogP contribution < -0.4 is 0 Å². The van der Waals surface area contributed by atoms with Crippen LogP contribution in [0.5, 0.6) is 0 Å². The summed E-state index contributed by atoms with van der Waals surface area (Å²) in [4.78, 5) is 72.6. The molecule has 0 spiro atoms. The Labute approximate surface area is 562 Å². The molecule has 0 fully saturated rings. The number of hydrogen-bond acceptors (Lipinski definition) is 15. The van der Waals surface area contributed by atoms with Crippen molar-refractivity contribution < 1.29 is 80.2 Å². The zero-order valence-electron chi connectivity index (χ0n) is 59.7. The van der Waals surface area contributed by atoms with E-state index in [0.29, 0.717) is 25.7 Å². The second-order valence-electron chi connectivity index (χ2n) is 26.8. The summed E-state index contributed by atoms with van der Waals surface area (Å²) < 4.78 is 68.3. The molecule has 0 aliphatic carbocycles. The first-order valence-corrected chi connectivity index (χ1v) is 41.1. The first kappa shape index (κ1) is 90.1. The fourth-order valence-electron chi connectivity index (χ4n) is 11.2. The molecule has 0 rings (SSSR count). The number of rotatable bonds is 73. The number of aliphatic hydroxyl groups is 1. The third-order valence-electron chi connectivity index (χ3n) is 17.0. The Bertz CT molecular complexity index is 1770. The van der Waals surface area contributed by atoms with Crippen LogP contribution in [0.2, 0.25) is 0 Å². The Hall–Kier alpha value is -1.94. The Kier molecular flexibility index (Phi) is 64.9. The molecule has 0 aliphatic rings. The highest BCUT2D eigenvalue weighted by molar-refractivity contribution is 7.47. The van der Waals surface area contributed by atoms with E-state index in [-0.39, 0.29) is 25.7 Å². The molecule has 0 aromatic heterocycles. The van der Waals surface area contributed by atoms with Gasteiger partial charge in [0, 0.05) is 25.7 Å². The molecule has 0 radical (unpaired) electrons. The Balaban J connectivity index is 5.19. The van der Waals surface area contributed by atoms with Gasteiger partial charge in [-0.15, -0.1) is 0 Å². The lowest BCUT2D eigenvalue weighted by atomic mass is 10.0. The Morgan fingerprint density at radius 3 is 0.739 bits per heavy atom. The summed E-state index contributed by atoms with van der Waals surface area (Å²) in [7, 11) is -9.90. The van der Waals surface area contributed by atoms with Crippen molar-refractivity contribution in [1.82, 2.24) is 0 Å². The standard InChI is InChI=1S/C73H142O17P2/c1-6-9-12-15-18-21-23-29-34-37-42-47-52-57-71(76)84-63-69(90-73(78)59-54-49-44-39-35-31-28-26-25-27-30-32-36-40-45-50-55-66(4)5)65-88-92(81,82)86-61-67(74)60-85-91(79,80)87-64-68(62-83-70(75)56-51-46-41-20-17-14-11-8-3)89-72(77)58-53-48-43-38-33-24-22-19-16-13-10-7-2/h66-69,74H,6-65H2,1-5H3,(H,79,80)(H,81,82)/t67-,68+,69+/m0/s1. The van der Waals surface area contributed by atoms with Crippen molar-refractivity contribution >= 4 is 39.5 Å². The first-order valence-electron chi connectivity index (χ1n) is 38.1. The van der Waals surface area contributed by atoms with E-state index in [2.05, 4.69) is 34.6 Å². The van der Waals surface area contributed by atoms with Crippen LogP contribution in [0.4, 0.5) is 0 Å². The lowest BCUT2D eigenvalue weighted by Crippen LogP contribution is -2.30. The van der Waals surface area contributed by atoms with Gasteiger partial charge in [-0.05, 0) is 31.6 Å². The molecule has 92 heavy (non-hydrogen) atoms. The van der Waals surface area contributed by atoms with Gasteiger partial charge in [0.1, 0.15) is 19.3 Å². The van der Waals surface area contributed by atoms with E-state index in [1.807, 2.05) is 0 Å². The molecule has 0 aromatic carbocycles. The maximum absolute atomic E-state index is 13.1. The summed E-state index contributed by atoms with van der Waals surface area (Å²) in [6, 6.07) is 0. The number of phosphoric acid groups is 2. The lowest BCUT2D eigenvalue weighted by Gasteiger charge is -2.21. The molecule has 5 atom stereocenters. The van der Waals surface area contributed by atoms with Crippen molar-refractivity contribution in [3.8, 4) is 0 Å². The predicted octanol–water partition coefficient (Wildman–Crippen LogP) is 21.3. The quantitative estimate of drug-likeness (QED) is 0.0222. The highest BCUT2D eigenvalue weighted by atomic mass is 31.2. The summed E-state index contributed by atoms with van der Waals surface area (Å²) in [6.45, 7) is 7.28. The summed E-state index contributed by atoms with van der Waals surface area (Å²) in [5.41, 5.74) is 0. The highest BCUT2D eigenvalue weighted by Crippen LogP contribution is 2.45. The van der Waals surface area contributed by atoms with E-state index in [1.54, 1.807) is 0 Å². The van der Waals surface area contributed by atoms with Crippen LogP contribution in [0.15, 0.2) is 0 Å². The molecule has 0 aliphatic heterocycles. The molecule has 19 heteroatoms. The number of aliphatic hydroxyl groups excluding tert-OH is 1. The molecule has 546 valence electrons. The number of hydrogen-bond donors (Lipinski definition) is 3. The van der Waals surface area contributed by atoms with Gasteiger partial charge in [-0.25, -0.2) is 9.13 Å². The molecule has 0 bridgehead atoms. The fraction of sp³-hybridized carbons (Fsp3) is 0.945. The molecular formula is C73H142O17P2.